The molecule has 0 bridgehead atoms. The summed E-state index contributed by atoms with van der Waals surface area (Å²) in [6.45, 7) is 15.0. The third-order valence-electron chi connectivity index (χ3n) is 2.81. The van der Waals surface area contributed by atoms with Gasteiger partial charge in [-0.15, -0.1) is 5.10 Å². The second-order valence-corrected chi connectivity index (χ2v) is 6.73. The molecular formula is C14H26N2O. The van der Waals surface area contributed by atoms with Gasteiger partial charge in [0.15, 0.2) is 0 Å². The van der Waals surface area contributed by atoms with Crippen molar-refractivity contribution < 1.29 is 5.11 Å². The van der Waals surface area contributed by atoms with Gasteiger partial charge in [0.2, 0.25) is 5.88 Å². The minimum Gasteiger partial charge on any atom is -0.492 e. The first-order valence-electron chi connectivity index (χ1n) is 6.41. The lowest BCUT2D eigenvalue weighted by atomic mass is 9.87. The molecule has 0 unspecified atom stereocenters. The fourth-order valence-electron chi connectivity index (χ4n) is 2.17. The maximum Gasteiger partial charge on any atom is 0.233 e. The molecule has 1 N–H and O–H groups in total. The van der Waals surface area contributed by atoms with E-state index in [0.29, 0.717) is 0 Å². The van der Waals surface area contributed by atoms with Gasteiger partial charge in [-0.3, -0.25) is 4.68 Å². The molecule has 0 aliphatic heterocycles. The van der Waals surface area contributed by atoms with Crippen LogP contribution in [0.1, 0.15) is 66.1 Å². The highest BCUT2D eigenvalue weighted by Gasteiger charge is 2.31. The molecule has 1 aromatic rings. The standard InChI is InChI=1S/C14H26N2O/c1-8-9-10-11(13(2,3)4)16(14(5,6)7)15-12(10)17/h8-9H2,1-7H3,(H,15,17). The lowest BCUT2D eigenvalue weighted by Crippen LogP contribution is -2.30. The summed E-state index contributed by atoms with van der Waals surface area (Å²) in [6.07, 6.45) is 1.90. The highest BCUT2D eigenvalue weighted by atomic mass is 16.3. The summed E-state index contributed by atoms with van der Waals surface area (Å²) in [5.74, 6) is 0.201. The topological polar surface area (TPSA) is 38.1 Å². The molecule has 0 aromatic carbocycles. The SMILES string of the molecule is CCCc1c(O)nn(C(C)(C)C)c1C(C)(C)C. The van der Waals surface area contributed by atoms with E-state index in [2.05, 4.69) is 53.6 Å². The monoisotopic (exact) mass is 238 g/mol. The van der Waals surface area contributed by atoms with Gasteiger partial charge >= 0.3 is 0 Å². The minimum atomic E-state index is -0.105. The van der Waals surface area contributed by atoms with E-state index in [1.165, 1.54) is 0 Å². The summed E-state index contributed by atoms with van der Waals surface area (Å²) in [5, 5.41) is 14.4. The predicted molar refractivity (Wildman–Crippen MR) is 71.6 cm³/mol. The number of aromatic hydroxyl groups is 1. The Morgan fingerprint density at radius 1 is 1.12 bits per heavy atom. The number of nitrogens with zero attached hydrogens (tertiary/aromatic N) is 2. The van der Waals surface area contributed by atoms with Crippen molar-refractivity contribution >= 4 is 0 Å². The zero-order valence-corrected chi connectivity index (χ0v) is 12.3. The van der Waals surface area contributed by atoms with Gasteiger partial charge in [-0.1, -0.05) is 34.1 Å². The Morgan fingerprint density at radius 2 is 1.65 bits per heavy atom. The molecule has 0 aliphatic rings. The van der Waals surface area contributed by atoms with E-state index < -0.39 is 0 Å². The van der Waals surface area contributed by atoms with Crippen LogP contribution >= 0.6 is 0 Å². The van der Waals surface area contributed by atoms with E-state index in [-0.39, 0.29) is 16.8 Å². The highest BCUT2D eigenvalue weighted by molar-refractivity contribution is 5.35. The smallest absolute Gasteiger partial charge is 0.233 e. The molecule has 98 valence electrons. The first-order chi connectivity index (χ1) is 7.59. The van der Waals surface area contributed by atoms with Crippen molar-refractivity contribution in [2.75, 3.05) is 0 Å². The summed E-state index contributed by atoms with van der Waals surface area (Å²) in [5.41, 5.74) is 2.05. The van der Waals surface area contributed by atoms with Crippen LogP contribution in [-0.4, -0.2) is 14.9 Å². The predicted octanol–water partition coefficient (Wildman–Crippen LogP) is 3.59. The molecule has 1 rings (SSSR count). The number of aromatic nitrogens is 2. The van der Waals surface area contributed by atoms with E-state index in [1.807, 2.05) is 4.68 Å². The Labute approximate surface area is 105 Å². The second-order valence-electron chi connectivity index (χ2n) is 6.73. The van der Waals surface area contributed by atoms with Gasteiger partial charge in [-0.05, 0) is 27.2 Å². The number of hydrogen-bond acceptors (Lipinski definition) is 2. The van der Waals surface area contributed by atoms with Crippen LogP contribution in [0.4, 0.5) is 0 Å². The summed E-state index contributed by atoms with van der Waals surface area (Å²) < 4.78 is 1.98. The summed E-state index contributed by atoms with van der Waals surface area (Å²) in [4.78, 5) is 0. The Balaban J connectivity index is 3.48. The van der Waals surface area contributed by atoms with Gasteiger partial charge in [0, 0.05) is 11.0 Å². The third kappa shape index (κ3) is 2.82. The summed E-state index contributed by atoms with van der Waals surface area (Å²) >= 11 is 0. The van der Waals surface area contributed by atoms with Crippen molar-refractivity contribution in [3.05, 3.63) is 11.3 Å². The van der Waals surface area contributed by atoms with Crippen molar-refractivity contribution in [3.63, 3.8) is 0 Å². The average molecular weight is 238 g/mol. The fourth-order valence-corrected chi connectivity index (χ4v) is 2.17. The number of rotatable bonds is 2. The van der Waals surface area contributed by atoms with Gasteiger partial charge in [-0.25, -0.2) is 0 Å². The maximum absolute atomic E-state index is 10.0. The van der Waals surface area contributed by atoms with E-state index in [1.54, 1.807) is 0 Å². The first-order valence-corrected chi connectivity index (χ1v) is 6.41. The molecule has 17 heavy (non-hydrogen) atoms. The minimum absolute atomic E-state index is 0.00817. The normalized spacial score (nSPS) is 13.1. The van der Waals surface area contributed by atoms with Crippen LogP contribution in [0.3, 0.4) is 0 Å². The zero-order valence-electron chi connectivity index (χ0n) is 12.3. The van der Waals surface area contributed by atoms with Gasteiger partial charge in [-0.2, -0.15) is 0 Å². The van der Waals surface area contributed by atoms with Crippen LogP contribution in [0.15, 0.2) is 0 Å². The maximum atomic E-state index is 10.0. The van der Waals surface area contributed by atoms with Crippen LogP contribution in [0.5, 0.6) is 5.88 Å². The summed E-state index contributed by atoms with van der Waals surface area (Å²) in [6, 6.07) is 0. The third-order valence-corrected chi connectivity index (χ3v) is 2.81. The molecule has 1 heterocycles. The van der Waals surface area contributed by atoms with Crippen molar-refractivity contribution in [3.8, 4) is 5.88 Å². The molecule has 0 amide bonds. The van der Waals surface area contributed by atoms with Crippen LogP contribution in [0.25, 0.3) is 0 Å². The Kier molecular flexibility index (Phi) is 3.60. The summed E-state index contributed by atoms with van der Waals surface area (Å²) in [7, 11) is 0. The van der Waals surface area contributed by atoms with Gasteiger partial charge in [0.1, 0.15) is 0 Å². The first kappa shape index (κ1) is 14.1. The van der Waals surface area contributed by atoms with Crippen molar-refractivity contribution in [2.24, 2.45) is 0 Å². The quantitative estimate of drug-likeness (QED) is 0.855. The molecule has 0 spiro atoms. The average Bonchev–Trinajstić information content (AvgIpc) is 2.43. The van der Waals surface area contributed by atoms with Crippen LogP contribution in [-0.2, 0) is 17.4 Å². The molecule has 0 saturated carbocycles. The van der Waals surface area contributed by atoms with Gasteiger partial charge < -0.3 is 5.11 Å². The Bertz CT molecular complexity index is 392. The van der Waals surface area contributed by atoms with Crippen molar-refractivity contribution in [1.82, 2.24) is 9.78 Å². The fraction of sp³-hybridized carbons (Fsp3) is 0.786. The van der Waals surface area contributed by atoms with E-state index in [0.717, 1.165) is 24.1 Å². The zero-order chi connectivity index (χ0) is 13.4. The van der Waals surface area contributed by atoms with E-state index in [4.69, 9.17) is 0 Å². The van der Waals surface area contributed by atoms with Crippen LogP contribution < -0.4 is 0 Å². The van der Waals surface area contributed by atoms with E-state index >= 15 is 0 Å². The van der Waals surface area contributed by atoms with Crippen molar-refractivity contribution in [2.45, 2.75) is 72.3 Å². The lowest BCUT2D eigenvalue weighted by Gasteiger charge is -2.29. The Morgan fingerprint density at radius 3 is 2.00 bits per heavy atom. The highest BCUT2D eigenvalue weighted by Crippen LogP contribution is 2.35. The molecule has 0 fully saturated rings. The molecule has 1 aromatic heterocycles. The number of hydrogen-bond donors (Lipinski definition) is 1. The lowest BCUT2D eigenvalue weighted by molar-refractivity contribution is 0.312. The molecule has 3 heteroatoms. The van der Waals surface area contributed by atoms with Crippen LogP contribution in [0.2, 0.25) is 0 Å². The molecular weight excluding hydrogens is 212 g/mol. The van der Waals surface area contributed by atoms with Gasteiger partial charge in [0.05, 0.1) is 11.2 Å². The van der Waals surface area contributed by atoms with Gasteiger partial charge in [0.25, 0.3) is 0 Å². The molecule has 0 atom stereocenters. The molecule has 0 radical (unpaired) electrons. The largest absolute Gasteiger partial charge is 0.492 e. The molecule has 3 nitrogen and oxygen atoms in total. The van der Waals surface area contributed by atoms with Crippen LogP contribution in [0, 0.1) is 0 Å². The van der Waals surface area contributed by atoms with Crippen molar-refractivity contribution in [1.29, 1.82) is 0 Å². The molecule has 0 aliphatic carbocycles. The molecule has 0 saturated heterocycles. The Hall–Kier alpha value is -0.990. The second kappa shape index (κ2) is 4.35. The van der Waals surface area contributed by atoms with E-state index in [9.17, 15) is 5.11 Å².